The molecule has 2 N–H and O–H groups in total. The lowest BCUT2D eigenvalue weighted by atomic mass is 10.2. The number of nitrogens with two attached hydrogens (primary N) is 1. The molecule has 1 aliphatic heterocycles. The van der Waals surface area contributed by atoms with Crippen LogP contribution in [0.2, 0.25) is 0 Å². The summed E-state index contributed by atoms with van der Waals surface area (Å²) in [6.45, 7) is 1.47. The molecule has 5 nitrogen and oxygen atoms in total. The third kappa shape index (κ3) is 3.43. The molecule has 0 aromatic carbocycles. The molecule has 0 radical (unpaired) electrons. The molecule has 1 aromatic heterocycles. The summed E-state index contributed by atoms with van der Waals surface area (Å²) in [5.74, 6) is 0.0581. The number of aromatic nitrogens is 1. The van der Waals surface area contributed by atoms with Crippen LogP contribution in [0.15, 0.2) is 18.3 Å². The van der Waals surface area contributed by atoms with Crippen molar-refractivity contribution in [2.24, 2.45) is 0 Å². The van der Waals surface area contributed by atoms with Gasteiger partial charge in [0, 0.05) is 25.9 Å². The summed E-state index contributed by atoms with van der Waals surface area (Å²) in [5.41, 5.74) is 6.91. The number of hydrogen-bond acceptors (Lipinski definition) is 4. The van der Waals surface area contributed by atoms with E-state index >= 15 is 0 Å². The summed E-state index contributed by atoms with van der Waals surface area (Å²) in [7, 11) is 1.81. The Morgan fingerprint density at radius 3 is 3.06 bits per heavy atom. The van der Waals surface area contributed by atoms with Gasteiger partial charge in [-0.1, -0.05) is 0 Å². The SMILES string of the molecule is CN(CC1CCCO1)C(=O)Cc1ccc(N)cn1. The highest BCUT2D eigenvalue weighted by atomic mass is 16.5. The van der Waals surface area contributed by atoms with Gasteiger partial charge in [0.25, 0.3) is 0 Å². The third-order valence-electron chi connectivity index (χ3n) is 3.11. The predicted octanol–water partition coefficient (Wildman–Crippen LogP) is 0.844. The first-order valence-corrected chi connectivity index (χ1v) is 6.21. The second-order valence-corrected chi connectivity index (χ2v) is 4.67. The van der Waals surface area contributed by atoms with Crippen LogP contribution in [0.4, 0.5) is 5.69 Å². The van der Waals surface area contributed by atoms with Gasteiger partial charge >= 0.3 is 0 Å². The molecule has 5 heteroatoms. The Morgan fingerprint density at radius 1 is 1.61 bits per heavy atom. The van der Waals surface area contributed by atoms with Crippen LogP contribution in [-0.4, -0.2) is 42.1 Å². The number of anilines is 1. The number of rotatable bonds is 4. The third-order valence-corrected chi connectivity index (χ3v) is 3.11. The van der Waals surface area contributed by atoms with Crippen LogP contribution >= 0.6 is 0 Å². The van der Waals surface area contributed by atoms with Gasteiger partial charge in [-0.05, 0) is 25.0 Å². The summed E-state index contributed by atoms with van der Waals surface area (Å²) in [6, 6.07) is 3.54. The van der Waals surface area contributed by atoms with E-state index in [9.17, 15) is 4.79 Å². The molecule has 1 aliphatic rings. The van der Waals surface area contributed by atoms with Crippen molar-refractivity contribution < 1.29 is 9.53 Å². The van der Waals surface area contributed by atoms with Crippen molar-refractivity contribution in [1.82, 2.24) is 9.88 Å². The number of pyridine rings is 1. The smallest absolute Gasteiger partial charge is 0.228 e. The summed E-state index contributed by atoms with van der Waals surface area (Å²) in [6.07, 6.45) is 4.20. The summed E-state index contributed by atoms with van der Waals surface area (Å²) < 4.78 is 5.51. The van der Waals surface area contributed by atoms with Gasteiger partial charge in [-0.15, -0.1) is 0 Å². The summed E-state index contributed by atoms with van der Waals surface area (Å²) >= 11 is 0. The van der Waals surface area contributed by atoms with E-state index in [1.54, 1.807) is 30.3 Å². The molecule has 1 unspecified atom stereocenters. The zero-order chi connectivity index (χ0) is 13.0. The maximum atomic E-state index is 12.0. The molecular formula is C13H19N3O2. The Hall–Kier alpha value is -1.62. The first-order valence-electron chi connectivity index (χ1n) is 6.21. The molecule has 1 aromatic rings. The van der Waals surface area contributed by atoms with Crippen LogP contribution in [0, 0.1) is 0 Å². The minimum absolute atomic E-state index is 0.0581. The van der Waals surface area contributed by atoms with Crippen molar-refractivity contribution in [2.75, 3.05) is 25.9 Å². The molecule has 1 saturated heterocycles. The van der Waals surface area contributed by atoms with Crippen LogP contribution in [0.3, 0.4) is 0 Å². The topological polar surface area (TPSA) is 68.5 Å². The van der Waals surface area contributed by atoms with Crippen molar-refractivity contribution in [3.8, 4) is 0 Å². The molecule has 0 bridgehead atoms. The van der Waals surface area contributed by atoms with Gasteiger partial charge in [-0.3, -0.25) is 9.78 Å². The molecule has 98 valence electrons. The van der Waals surface area contributed by atoms with Crippen molar-refractivity contribution in [1.29, 1.82) is 0 Å². The van der Waals surface area contributed by atoms with E-state index in [-0.39, 0.29) is 12.0 Å². The normalized spacial score (nSPS) is 18.8. The van der Waals surface area contributed by atoms with Gasteiger partial charge < -0.3 is 15.4 Å². The molecule has 2 rings (SSSR count). The van der Waals surface area contributed by atoms with Crippen molar-refractivity contribution in [3.05, 3.63) is 24.0 Å². The largest absolute Gasteiger partial charge is 0.397 e. The Morgan fingerprint density at radius 2 is 2.44 bits per heavy atom. The van der Waals surface area contributed by atoms with Crippen LogP contribution < -0.4 is 5.73 Å². The van der Waals surface area contributed by atoms with E-state index in [1.165, 1.54) is 0 Å². The maximum absolute atomic E-state index is 12.0. The zero-order valence-electron chi connectivity index (χ0n) is 10.6. The van der Waals surface area contributed by atoms with E-state index < -0.39 is 0 Å². The van der Waals surface area contributed by atoms with E-state index in [1.807, 2.05) is 0 Å². The minimum Gasteiger partial charge on any atom is -0.397 e. The molecule has 0 spiro atoms. The number of carbonyl (C=O) groups is 1. The average molecular weight is 249 g/mol. The van der Waals surface area contributed by atoms with E-state index in [0.717, 1.165) is 25.1 Å². The number of amides is 1. The lowest BCUT2D eigenvalue weighted by molar-refractivity contribution is -0.130. The summed E-state index contributed by atoms with van der Waals surface area (Å²) in [5, 5.41) is 0. The molecule has 0 saturated carbocycles. The van der Waals surface area contributed by atoms with Gasteiger partial charge in [0.15, 0.2) is 0 Å². The highest BCUT2D eigenvalue weighted by molar-refractivity contribution is 5.78. The first kappa shape index (κ1) is 12.8. The average Bonchev–Trinajstić information content (AvgIpc) is 2.85. The van der Waals surface area contributed by atoms with Gasteiger partial charge in [-0.2, -0.15) is 0 Å². The van der Waals surface area contributed by atoms with Gasteiger partial charge in [0.1, 0.15) is 0 Å². The van der Waals surface area contributed by atoms with E-state index in [4.69, 9.17) is 10.5 Å². The molecule has 2 heterocycles. The first-order chi connectivity index (χ1) is 8.65. The second kappa shape index (κ2) is 5.82. The summed E-state index contributed by atoms with van der Waals surface area (Å²) in [4.78, 5) is 17.8. The van der Waals surface area contributed by atoms with E-state index in [0.29, 0.717) is 18.7 Å². The standard InChI is InChI=1S/C13H19N3O2/c1-16(9-12-3-2-6-18-12)13(17)7-11-5-4-10(14)8-15-11/h4-5,8,12H,2-3,6-7,9,14H2,1H3. The fourth-order valence-electron chi connectivity index (χ4n) is 2.03. The van der Waals surface area contributed by atoms with Crippen LogP contribution in [0.1, 0.15) is 18.5 Å². The fourth-order valence-corrected chi connectivity index (χ4v) is 2.03. The molecule has 1 fully saturated rings. The predicted molar refractivity (Wildman–Crippen MR) is 69.0 cm³/mol. The van der Waals surface area contributed by atoms with Gasteiger partial charge in [0.05, 0.1) is 24.4 Å². The number of nitrogens with zero attached hydrogens (tertiary/aromatic N) is 2. The van der Waals surface area contributed by atoms with Crippen molar-refractivity contribution in [2.45, 2.75) is 25.4 Å². The number of nitrogen functional groups attached to an aromatic ring is 1. The fraction of sp³-hybridized carbons (Fsp3) is 0.538. The molecule has 1 atom stereocenters. The minimum atomic E-state index is 0.0581. The monoisotopic (exact) mass is 249 g/mol. The number of likely N-dealkylation sites (N-methyl/N-ethyl adjacent to an activating group) is 1. The highest BCUT2D eigenvalue weighted by Crippen LogP contribution is 2.13. The van der Waals surface area contributed by atoms with Crippen LogP contribution in [-0.2, 0) is 16.0 Å². The number of carbonyl (C=O) groups excluding carboxylic acids is 1. The quantitative estimate of drug-likeness (QED) is 0.858. The Labute approximate surface area is 107 Å². The van der Waals surface area contributed by atoms with E-state index in [2.05, 4.69) is 4.98 Å². The Bertz CT molecular complexity index is 399. The lowest BCUT2D eigenvalue weighted by Gasteiger charge is -2.20. The van der Waals surface area contributed by atoms with Crippen molar-refractivity contribution in [3.63, 3.8) is 0 Å². The van der Waals surface area contributed by atoms with Crippen LogP contribution in [0.25, 0.3) is 0 Å². The lowest BCUT2D eigenvalue weighted by Crippen LogP contribution is -2.35. The molecule has 0 aliphatic carbocycles. The van der Waals surface area contributed by atoms with Gasteiger partial charge in [0.2, 0.25) is 5.91 Å². The Kier molecular flexibility index (Phi) is 4.15. The number of ether oxygens (including phenoxy) is 1. The zero-order valence-corrected chi connectivity index (χ0v) is 10.6. The van der Waals surface area contributed by atoms with Crippen molar-refractivity contribution >= 4 is 11.6 Å². The van der Waals surface area contributed by atoms with Gasteiger partial charge in [-0.25, -0.2) is 0 Å². The molecule has 18 heavy (non-hydrogen) atoms. The number of hydrogen-bond donors (Lipinski definition) is 1. The highest BCUT2D eigenvalue weighted by Gasteiger charge is 2.20. The molecule has 1 amide bonds. The maximum Gasteiger partial charge on any atom is 0.228 e. The van der Waals surface area contributed by atoms with Crippen LogP contribution in [0.5, 0.6) is 0 Å². The molecular weight excluding hydrogens is 230 g/mol. The second-order valence-electron chi connectivity index (χ2n) is 4.67. The Balaban J connectivity index is 1.84.